The number of carbonyl (C=O) groups is 2. The van der Waals surface area contributed by atoms with Crippen LogP contribution in [0.4, 0.5) is 5.69 Å². The van der Waals surface area contributed by atoms with Gasteiger partial charge in [-0.25, -0.2) is 0 Å². The van der Waals surface area contributed by atoms with Gasteiger partial charge in [-0.1, -0.05) is 56.9 Å². The van der Waals surface area contributed by atoms with E-state index >= 15 is 0 Å². The van der Waals surface area contributed by atoms with Crippen LogP contribution >= 0.6 is 0 Å². The molecule has 0 fully saturated rings. The second-order valence-electron chi connectivity index (χ2n) is 5.96. The van der Waals surface area contributed by atoms with Crippen molar-refractivity contribution in [2.75, 3.05) is 5.32 Å². The summed E-state index contributed by atoms with van der Waals surface area (Å²) in [5, 5.41) is 2.97. The largest absolute Gasteiger partial charge is 0.325 e. The summed E-state index contributed by atoms with van der Waals surface area (Å²) in [5.41, 5.74) is 4.08. The first-order chi connectivity index (χ1) is 11.5. The molecule has 1 aromatic carbocycles. The van der Waals surface area contributed by atoms with Gasteiger partial charge in [0.2, 0.25) is 5.91 Å². The van der Waals surface area contributed by atoms with E-state index in [2.05, 4.69) is 18.0 Å². The van der Waals surface area contributed by atoms with Crippen molar-refractivity contribution in [3.8, 4) is 0 Å². The zero-order chi connectivity index (χ0) is 17.9. The first kappa shape index (κ1) is 17.9. The smallest absolute Gasteiger partial charge is 0.235 e. The van der Waals surface area contributed by atoms with Crippen LogP contribution in [-0.4, -0.2) is 11.7 Å². The van der Waals surface area contributed by atoms with Crippen molar-refractivity contribution in [1.82, 2.24) is 0 Å². The SMILES string of the molecule is C=C/C=C(\C=C/C)C(=O)CC12Cc3ccc(C)c(c31)NC2=O.CC. The van der Waals surface area contributed by atoms with Crippen LogP contribution in [0.3, 0.4) is 0 Å². The summed E-state index contributed by atoms with van der Waals surface area (Å²) >= 11 is 0. The lowest BCUT2D eigenvalue weighted by atomic mass is 9.61. The summed E-state index contributed by atoms with van der Waals surface area (Å²) in [6, 6.07) is 4.08. The number of nitrogens with one attached hydrogen (secondary N) is 1. The fourth-order valence-corrected chi connectivity index (χ4v) is 3.49. The van der Waals surface area contributed by atoms with Gasteiger partial charge in [0.25, 0.3) is 0 Å². The van der Waals surface area contributed by atoms with E-state index in [-0.39, 0.29) is 18.1 Å². The molecule has 126 valence electrons. The zero-order valence-corrected chi connectivity index (χ0v) is 14.9. The number of amides is 1. The molecule has 0 spiro atoms. The van der Waals surface area contributed by atoms with Crippen LogP contribution in [-0.2, 0) is 21.4 Å². The minimum atomic E-state index is -0.671. The maximum Gasteiger partial charge on any atom is 0.235 e. The van der Waals surface area contributed by atoms with Gasteiger partial charge in [-0.3, -0.25) is 9.59 Å². The Hall–Kier alpha value is -2.42. The van der Waals surface area contributed by atoms with Gasteiger partial charge in [0.15, 0.2) is 5.78 Å². The van der Waals surface area contributed by atoms with E-state index in [1.807, 2.05) is 39.8 Å². The average molecular weight is 323 g/mol. The van der Waals surface area contributed by atoms with Crippen LogP contribution < -0.4 is 5.32 Å². The second kappa shape index (κ2) is 7.00. The Morgan fingerprint density at radius 2 is 2.08 bits per heavy atom. The highest BCUT2D eigenvalue weighted by molar-refractivity contribution is 6.14. The third kappa shape index (κ3) is 2.64. The summed E-state index contributed by atoms with van der Waals surface area (Å²) in [6.07, 6.45) is 7.75. The number of hydrogen-bond donors (Lipinski definition) is 1. The maximum absolute atomic E-state index is 12.6. The topological polar surface area (TPSA) is 46.2 Å². The monoisotopic (exact) mass is 323 g/mol. The van der Waals surface area contributed by atoms with Crippen molar-refractivity contribution in [2.45, 2.75) is 46.0 Å². The molecular weight excluding hydrogens is 298 g/mol. The van der Waals surface area contributed by atoms with E-state index in [0.29, 0.717) is 12.0 Å². The minimum absolute atomic E-state index is 0.0202. The predicted molar refractivity (Wildman–Crippen MR) is 99.3 cm³/mol. The lowest BCUT2D eigenvalue weighted by molar-refractivity contribution is -0.126. The van der Waals surface area contributed by atoms with E-state index in [9.17, 15) is 9.59 Å². The Morgan fingerprint density at radius 3 is 2.71 bits per heavy atom. The van der Waals surface area contributed by atoms with Gasteiger partial charge in [-0.2, -0.15) is 0 Å². The Labute approximate surface area is 144 Å². The number of rotatable bonds is 5. The lowest BCUT2D eigenvalue weighted by Gasteiger charge is -2.37. The number of Topliss-reactive ketones (excluding diaryl/α,β-unsaturated/α-hetero) is 1. The fourth-order valence-electron chi connectivity index (χ4n) is 3.49. The van der Waals surface area contributed by atoms with Gasteiger partial charge < -0.3 is 5.32 Å². The molecule has 3 heteroatoms. The first-order valence-electron chi connectivity index (χ1n) is 8.46. The Balaban J connectivity index is 0.00000100. The summed E-state index contributed by atoms with van der Waals surface area (Å²) in [4.78, 5) is 25.1. The van der Waals surface area contributed by atoms with Crippen molar-refractivity contribution in [3.63, 3.8) is 0 Å². The molecule has 0 bridgehead atoms. The second-order valence-corrected chi connectivity index (χ2v) is 5.96. The Kier molecular flexibility index (Phi) is 5.23. The predicted octanol–water partition coefficient (Wildman–Crippen LogP) is 4.41. The van der Waals surface area contributed by atoms with Crippen molar-refractivity contribution in [3.05, 3.63) is 65.3 Å². The van der Waals surface area contributed by atoms with Crippen LogP contribution in [0, 0.1) is 6.92 Å². The Bertz CT molecular complexity index is 755. The van der Waals surface area contributed by atoms with Gasteiger partial charge in [-0.05, 0) is 37.0 Å². The summed E-state index contributed by atoms with van der Waals surface area (Å²) in [5.74, 6) is -0.0655. The lowest BCUT2D eigenvalue weighted by Crippen LogP contribution is -2.45. The van der Waals surface area contributed by atoms with Crippen molar-refractivity contribution >= 4 is 17.4 Å². The summed E-state index contributed by atoms with van der Waals surface area (Å²) < 4.78 is 0. The highest BCUT2D eigenvalue weighted by Gasteiger charge is 2.56. The molecule has 1 amide bonds. The first-order valence-corrected chi connectivity index (χ1v) is 8.46. The van der Waals surface area contributed by atoms with Crippen LogP contribution in [0.25, 0.3) is 0 Å². The number of aryl methyl sites for hydroxylation is 1. The van der Waals surface area contributed by atoms with Crippen molar-refractivity contribution < 1.29 is 9.59 Å². The molecule has 1 unspecified atom stereocenters. The van der Waals surface area contributed by atoms with E-state index in [1.54, 1.807) is 18.2 Å². The zero-order valence-electron chi connectivity index (χ0n) is 14.9. The van der Waals surface area contributed by atoms with E-state index in [0.717, 1.165) is 16.8 Å². The number of ketones is 1. The Morgan fingerprint density at radius 1 is 1.38 bits per heavy atom. The maximum atomic E-state index is 12.6. The van der Waals surface area contributed by atoms with E-state index < -0.39 is 5.41 Å². The normalized spacial score (nSPS) is 20.7. The van der Waals surface area contributed by atoms with E-state index in [1.165, 1.54) is 5.56 Å². The summed E-state index contributed by atoms with van der Waals surface area (Å²) in [7, 11) is 0. The third-order valence-electron chi connectivity index (χ3n) is 4.57. The molecule has 1 aliphatic heterocycles. The fraction of sp³-hybridized carbons (Fsp3) is 0.333. The molecular formula is C21H25NO2. The molecule has 0 radical (unpaired) electrons. The highest BCUT2D eigenvalue weighted by atomic mass is 16.2. The van der Waals surface area contributed by atoms with Gasteiger partial charge in [0.1, 0.15) is 0 Å². The molecule has 1 heterocycles. The highest BCUT2D eigenvalue weighted by Crippen LogP contribution is 2.53. The summed E-state index contributed by atoms with van der Waals surface area (Å²) in [6.45, 7) is 11.5. The molecule has 0 saturated heterocycles. The number of carbonyl (C=O) groups excluding carboxylic acids is 2. The van der Waals surface area contributed by atoms with E-state index in [4.69, 9.17) is 0 Å². The molecule has 1 N–H and O–H groups in total. The molecule has 1 aromatic rings. The molecule has 2 aliphatic rings. The van der Waals surface area contributed by atoms with Crippen molar-refractivity contribution in [1.29, 1.82) is 0 Å². The molecule has 1 aliphatic carbocycles. The van der Waals surface area contributed by atoms with Crippen molar-refractivity contribution in [2.24, 2.45) is 0 Å². The quantitative estimate of drug-likeness (QED) is 0.644. The van der Waals surface area contributed by atoms with Gasteiger partial charge in [0.05, 0.1) is 5.41 Å². The van der Waals surface area contributed by atoms with Crippen LogP contribution in [0.15, 0.2) is 48.6 Å². The van der Waals surface area contributed by atoms with Crippen LogP contribution in [0.1, 0.15) is 43.9 Å². The van der Waals surface area contributed by atoms with Crippen LogP contribution in [0.5, 0.6) is 0 Å². The third-order valence-corrected chi connectivity index (χ3v) is 4.57. The molecule has 1 atom stereocenters. The molecule has 0 aromatic heterocycles. The minimum Gasteiger partial charge on any atom is -0.325 e. The molecule has 3 nitrogen and oxygen atoms in total. The molecule has 24 heavy (non-hydrogen) atoms. The van der Waals surface area contributed by atoms with Gasteiger partial charge in [-0.15, -0.1) is 0 Å². The van der Waals surface area contributed by atoms with Crippen LogP contribution in [0.2, 0.25) is 0 Å². The average Bonchev–Trinajstić information content (AvgIpc) is 2.80. The molecule has 0 saturated carbocycles. The standard InChI is InChI=1S/C19H19NO2.C2H6/c1-4-6-13(7-5-2)15(21)11-19-10-14-9-8-12(3)17(16(14)19)20-18(19)22;1-2/h4-9H,1,10-11H2,2-3H3,(H,20,22);1-2H3/b7-5-,13-6+;. The number of hydrogen-bond acceptors (Lipinski definition) is 2. The number of benzene rings is 1. The van der Waals surface area contributed by atoms with Gasteiger partial charge in [0, 0.05) is 17.7 Å². The number of anilines is 1. The number of allylic oxidation sites excluding steroid dienone is 5. The molecule has 3 rings (SSSR count). The van der Waals surface area contributed by atoms with Gasteiger partial charge >= 0.3 is 0 Å².